The minimum Gasteiger partial charge on any atom is -0.382 e. The second kappa shape index (κ2) is 7.65. The molecule has 1 N–H and O–H groups in total. The van der Waals surface area contributed by atoms with Crippen molar-refractivity contribution >= 4 is 0 Å². The molecule has 1 aromatic heterocycles. The van der Waals surface area contributed by atoms with E-state index in [0.717, 1.165) is 32.7 Å². The lowest BCUT2D eigenvalue weighted by Crippen LogP contribution is -2.16. The molecule has 0 radical (unpaired) electrons. The molecule has 19 heavy (non-hydrogen) atoms. The molecule has 2 rings (SSSR count). The van der Waals surface area contributed by atoms with Gasteiger partial charge in [0.05, 0.1) is 11.7 Å². The Kier molecular flexibility index (Phi) is 5.86. The minimum atomic E-state index is 0.644. The number of rotatable bonds is 8. The Hall–Kier alpha value is -0.870. The highest BCUT2D eigenvalue weighted by atomic mass is 16.5. The van der Waals surface area contributed by atoms with Crippen molar-refractivity contribution in [2.45, 2.75) is 58.5 Å². The summed E-state index contributed by atoms with van der Waals surface area (Å²) in [6, 6.07) is 0.644. The van der Waals surface area contributed by atoms with Gasteiger partial charge >= 0.3 is 0 Å². The summed E-state index contributed by atoms with van der Waals surface area (Å²) in [7, 11) is 0. The van der Waals surface area contributed by atoms with Gasteiger partial charge in [-0.3, -0.25) is 4.68 Å². The van der Waals surface area contributed by atoms with E-state index in [1.54, 1.807) is 0 Å². The first-order valence-electron chi connectivity index (χ1n) is 7.64. The maximum atomic E-state index is 5.32. The van der Waals surface area contributed by atoms with Gasteiger partial charge in [-0.25, -0.2) is 0 Å². The van der Waals surface area contributed by atoms with Gasteiger partial charge in [0.1, 0.15) is 0 Å². The second-order valence-electron chi connectivity index (χ2n) is 5.39. The van der Waals surface area contributed by atoms with Crippen LogP contribution in [0.1, 0.15) is 56.3 Å². The highest BCUT2D eigenvalue weighted by molar-refractivity contribution is 5.15. The van der Waals surface area contributed by atoms with Crippen LogP contribution in [0.4, 0.5) is 0 Å². The Morgan fingerprint density at radius 2 is 2.21 bits per heavy atom. The summed E-state index contributed by atoms with van der Waals surface area (Å²) in [6.07, 6.45) is 8.61. The fraction of sp³-hybridized carbons (Fsp3) is 0.800. The van der Waals surface area contributed by atoms with Crippen LogP contribution in [-0.2, 0) is 11.3 Å². The minimum absolute atomic E-state index is 0.644. The van der Waals surface area contributed by atoms with E-state index in [-0.39, 0.29) is 0 Å². The lowest BCUT2D eigenvalue weighted by atomic mass is 10.2. The van der Waals surface area contributed by atoms with Gasteiger partial charge in [-0.05, 0) is 39.7 Å². The summed E-state index contributed by atoms with van der Waals surface area (Å²) >= 11 is 0. The summed E-state index contributed by atoms with van der Waals surface area (Å²) in [4.78, 5) is 0. The third-order valence-corrected chi connectivity index (χ3v) is 3.88. The van der Waals surface area contributed by atoms with Crippen molar-refractivity contribution in [2.24, 2.45) is 0 Å². The van der Waals surface area contributed by atoms with Gasteiger partial charge < -0.3 is 10.1 Å². The quantitative estimate of drug-likeness (QED) is 0.735. The number of ether oxygens (including phenoxy) is 1. The Morgan fingerprint density at radius 1 is 1.42 bits per heavy atom. The first-order chi connectivity index (χ1) is 9.31. The van der Waals surface area contributed by atoms with Crippen LogP contribution < -0.4 is 5.32 Å². The number of nitrogens with zero attached hydrogens (tertiary/aromatic N) is 2. The van der Waals surface area contributed by atoms with Crippen molar-refractivity contribution in [3.05, 3.63) is 17.5 Å². The molecule has 0 spiro atoms. The maximum absolute atomic E-state index is 5.32. The maximum Gasteiger partial charge on any atom is 0.0638 e. The lowest BCUT2D eigenvalue weighted by Gasteiger charge is -2.08. The molecule has 1 saturated carbocycles. The fourth-order valence-corrected chi connectivity index (χ4v) is 2.72. The standard InChI is InChI=1S/C15H27N3O/c1-3-19-10-6-9-16-11-14-12-18(17-13(14)2)15-7-4-5-8-15/h12,15-16H,3-11H2,1-2H3. The van der Waals surface area contributed by atoms with Gasteiger partial charge in [-0.1, -0.05) is 12.8 Å². The van der Waals surface area contributed by atoms with Gasteiger partial charge in [0.25, 0.3) is 0 Å². The molecule has 0 aliphatic heterocycles. The van der Waals surface area contributed by atoms with Crippen molar-refractivity contribution in [3.63, 3.8) is 0 Å². The average molecular weight is 265 g/mol. The van der Waals surface area contributed by atoms with Crippen molar-refractivity contribution < 1.29 is 4.74 Å². The molecule has 0 aromatic carbocycles. The van der Waals surface area contributed by atoms with Crippen LogP contribution in [0.3, 0.4) is 0 Å². The molecule has 0 bridgehead atoms. The van der Waals surface area contributed by atoms with Crippen LogP contribution in [0, 0.1) is 6.92 Å². The molecule has 1 heterocycles. The number of hydrogen-bond donors (Lipinski definition) is 1. The van der Waals surface area contributed by atoms with Gasteiger partial charge in [-0.2, -0.15) is 5.10 Å². The molecule has 0 saturated heterocycles. The molecule has 108 valence electrons. The van der Waals surface area contributed by atoms with E-state index in [2.05, 4.69) is 28.2 Å². The summed E-state index contributed by atoms with van der Waals surface area (Å²) < 4.78 is 7.52. The number of nitrogens with one attached hydrogen (secondary N) is 1. The van der Waals surface area contributed by atoms with Gasteiger partial charge in [0, 0.05) is 31.5 Å². The molecule has 1 fully saturated rings. The number of aryl methyl sites for hydroxylation is 1. The highest BCUT2D eigenvalue weighted by Crippen LogP contribution is 2.29. The zero-order valence-corrected chi connectivity index (χ0v) is 12.3. The van der Waals surface area contributed by atoms with Gasteiger partial charge in [0.15, 0.2) is 0 Å². The van der Waals surface area contributed by atoms with Crippen LogP contribution >= 0.6 is 0 Å². The lowest BCUT2D eigenvalue weighted by molar-refractivity contribution is 0.144. The SMILES string of the molecule is CCOCCCNCc1cn(C2CCCC2)nc1C. The van der Waals surface area contributed by atoms with E-state index in [4.69, 9.17) is 4.74 Å². The van der Waals surface area contributed by atoms with E-state index in [9.17, 15) is 0 Å². The third-order valence-electron chi connectivity index (χ3n) is 3.88. The summed E-state index contributed by atoms with van der Waals surface area (Å²) in [5.41, 5.74) is 2.51. The molecular formula is C15H27N3O. The van der Waals surface area contributed by atoms with E-state index in [1.165, 1.54) is 36.9 Å². The summed E-state index contributed by atoms with van der Waals surface area (Å²) in [5.74, 6) is 0. The molecule has 4 heteroatoms. The summed E-state index contributed by atoms with van der Waals surface area (Å²) in [6.45, 7) is 7.74. The van der Waals surface area contributed by atoms with E-state index in [0.29, 0.717) is 6.04 Å². The molecular weight excluding hydrogens is 238 g/mol. The van der Waals surface area contributed by atoms with Crippen molar-refractivity contribution in [3.8, 4) is 0 Å². The van der Waals surface area contributed by atoms with Crippen LogP contribution in [0.5, 0.6) is 0 Å². The van der Waals surface area contributed by atoms with Crippen molar-refractivity contribution in [2.75, 3.05) is 19.8 Å². The van der Waals surface area contributed by atoms with Crippen molar-refractivity contribution in [1.82, 2.24) is 15.1 Å². The topological polar surface area (TPSA) is 39.1 Å². The monoisotopic (exact) mass is 265 g/mol. The zero-order chi connectivity index (χ0) is 13.5. The smallest absolute Gasteiger partial charge is 0.0638 e. The Bertz CT molecular complexity index is 369. The third kappa shape index (κ3) is 4.32. The van der Waals surface area contributed by atoms with E-state index in [1.807, 2.05) is 6.92 Å². The second-order valence-corrected chi connectivity index (χ2v) is 5.39. The molecule has 1 aliphatic rings. The van der Waals surface area contributed by atoms with Crippen LogP contribution in [0.25, 0.3) is 0 Å². The molecule has 0 amide bonds. The Balaban J connectivity index is 1.74. The molecule has 1 aromatic rings. The highest BCUT2D eigenvalue weighted by Gasteiger charge is 2.18. The zero-order valence-electron chi connectivity index (χ0n) is 12.3. The van der Waals surface area contributed by atoms with Crippen LogP contribution in [-0.4, -0.2) is 29.5 Å². The largest absolute Gasteiger partial charge is 0.382 e. The van der Waals surface area contributed by atoms with E-state index >= 15 is 0 Å². The number of aromatic nitrogens is 2. The Morgan fingerprint density at radius 3 is 2.95 bits per heavy atom. The van der Waals surface area contributed by atoms with Gasteiger partial charge in [-0.15, -0.1) is 0 Å². The number of hydrogen-bond acceptors (Lipinski definition) is 3. The first-order valence-corrected chi connectivity index (χ1v) is 7.64. The molecule has 4 nitrogen and oxygen atoms in total. The normalized spacial score (nSPS) is 16.3. The first kappa shape index (κ1) is 14.5. The predicted molar refractivity (Wildman–Crippen MR) is 77.3 cm³/mol. The Labute approximate surface area is 116 Å². The fourth-order valence-electron chi connectivity index (χ4n) is 2.72. The van der Waals surface area contributed by atoms with E-state index < -0.39 is 0 Å². The molecule has 0 unspecified atom stereocenters. The average Bonchev–Trinajstić information content (AvgIpc) is 3.03. The van der Waals surface area contributed by atoms with Crippen LogP contribution in [0.15, 0.2) is 6.20 Å². The van der Waals surface area contributed by atoms with Crippen molar-refractivity contribution in [1.29, 1.82) is 0 Å². The molecule has 1 aliphatic carbocycles. The van der Waals surface area contributed by atoms with Crippen LogP contribution in [0.2, 0.25) is 0 Å². The van der Waals surface area contributed by atoms with Gasteiger partial charge in [0.2, 0.25) is 0 Å². The molecule has 0 atom stereocenters. The predicted octanol–water partition coefficient (Wildman–Crippen LogP) is 2.82. The summed E-state index contributed by atoms with van der Waals surface area (Å²) in [5, 5.41) is 8.14.